The van der Waals surface area contributed by atoms with Crippen molar-refractivity contribution in [2.24, 2.45) is 0 Å². The van der Waals surface area contributed by atoms with Crippen LogP contribution in [-0.4, -0.2) is 42.2 Å². The van der Waals surface area contributed by atoms with Gasteiger partial charge in [0.25, 0.3) is 11.1 Å². The lowest BCUT2D eigenvalue weighted by Gasteiger charge is -2.13. The highest BCUT2D eigenvalue weighted by Crippen LogP contribution is 2.38. The van der Waals surface area contributed by atoms with Crippen molar-refractivity contribution in [2.45, 2.75) is 6.92 Å². The van der Waals surface area contributed by atoms with Crippen LogP contribution in [-0.2, 0) is 9.59 Å². The van der Waals surface area contributed by atoms with Gasteiger partial charge in [0.1, 0.15) is 6.54 Å². The van der Waals surface area contributed by atoms with Crippen molar-refractivity contribution in [3.8, 4) is 11.5 Å². The first-order chi connectivity index (χ1) is 14.8. The molecular formula is C21H18BrClN2O5S. The molecule has 3 rings (SSSR count). The molecule has 0 radical (unpaired) electrons. The Morgan fingerprint density at radius 3 is 2.71 bits per heavy atom. The molecule has 0 aliphatic carbocycles. The van der Waals surface area contributed by atoms with E-state index in [4.69, 9.17) is 21.1 Å². The van der Waals surface area contributed by atoms with E-state index in [1.807, 2.05) is 6.92 Å². The number of hydrogen-bond acceptors (Lipinski definition) is 6. The van der Waals surface area contributed by atoms with Gasteiger partial charge in [0.2, 0.25) is 5.91 Å². The molecule has 0 aromatic heterocycles. The van der Waals surface area contributed by atoms with Gasteiger partial charge in [-0.2, -0.15) is 0 Å². The summed E-state index contributed by atoms with van der Waals surface area (Å²) in [5.41, 5.74) is 1.11. The molecule has 0 spiro atoms. The molecule has 3 amide bonds. The molecule has 2 aromatic carbocycles. The summed E-state index contributed by atoms with van der Waals surface area (Å²) in [4.78, 5) is 38.5. The number of ether oxygens (including phenoxy) is 2. The first kappa shape index (κ1) is 23.2. The molecule has 10 heteroatoms. The maximum Gasteiger partial charge on any atom is 0.294 e. The van der Waals surface area contributed by atoms with Gasteiger partial charge < -0.3 is 14.8 Å². The van der Waals surface area contributed by atoms with Crippen LogP contribution in [0.5, 0.6) is 11.5 Å². The third-order valence-corrected chi connectivity index (χ3v) is 5.98. The molecule has 0 bridgehead atoms. The van der Waals surface area contributed by atoms with Crippen LogP contribution >= 0.6 is 39.3 Å². The molecule has 7 nitrogen and oxygen atoms in total. The number of anilines is 1. The van der Waals surface area contributed by atoms with Crippen LogP contribution in [0.1, 0.15) is 12.5 Å². The van der Waals surface area contributed by atoms with E-state index in [0.29, 0.717) is 38.9 Å². The van der Waals surface area contributed by atoms with Crippen LogP contribution in [0.4, 0.5) is 10.5 Å². The molecule has 1 heterocycles. The lowest BCUT2D eigenvalue weighted by Crippen LogP contribution is -2.36. The number of halogens is 2. The van der Waals surface area contributed by atoms with Crippen molar-refractivity contribution in [1.29, 1.82) is 0 Å². The summed E-state index contributed by atoms with van der Waals surface area (Å²) in [5, 5.41) is 2.56. The molecule has 162 valence electrons. The van der Waals surface area contributed by atoms with E-state index in [1.165, 1.54) is 7.11 Å². The minimum Gasteiger partial charge on any atom is -0.493 e. The predicted molar refractivity (Wildman–Crippen MR) is 125 cm³/mol. The fourth-order valence-corrected chi connectivity index (χ4v) is 4.23. The number of methoxy groups -OCH3 is 1. The van der Waals surface area contributed by atoms with Gasteiger partial charge in [-0.3, -0.25) is 19.3 Å². The zero-order valence-electron chi connectivity index (χ0n) is 16.6. The summed E-state index contributed by atoms with van der Waals surface area (Å²) in [6, 6.07) is 10.0. The van der Waals surface area contributed by atoms with E-state index < -0.39 is 23.6 Å². The number of carbonyl (C=O) groups excluding carboxylic acids is 3. The summed E-state index contributed by atoms with van der Waals surface area (Å²) in [7, 11) is 1.52. The fourth-order valence-electron chi connectivity index (χ4n) is 2.78. The molecule has 0 atom stereocenters. The quantitative estimate of drug-likeness (QED) is 0.501. The van der Waals surface area contributed by atoms with E-state index in [1.54, 1.807) is 42.5 Å². The van der Waals surface area contributed by atoms with Crippen molar-refractivity contribution in [2.75, 3.05) is 25.6 Å². The van der Waals surface area contributed by atoms with Crippen molar-refractivity contribution < 1.29 is 23.9 Å². The Morgan fingerprint density at radius 1 is 1.26 bits per heavy atom. The number of hydrogen-bond donors (Lipinski definition) is 1. The van der Waals surface area contributed by atoms with Gasteiger partial charge in [-0.1, -0.05) is 33.6 Å². The van der Waals surface area contributed by atoms with Crippen LogP contribution in [0, 0.1) is 0 Å². The van der Waals surface area contributed by atoms with E-state index in [2.05, 4.69) is 21.2 Å². The van der Waals surface area contributed by atoms with Gasteiger partial charge in [-0.25, -0.2) is 0 Å². The van der Waals surface area contributed by atoms with E-state index in [0.717, 1.165) is 16.7 Å². The molecule has 1 aliphatic heterocycles. The number of nitrogens with zero attached hydrogens (tertiary/aromatic N) is 1. The third-order valence-electron chi connectivity index (χ3n) is 4.15. The number of imide groups is 1. The maximum absolute atomic E-state index is 12.7. The number of benzene rings is 2. The Morgan fingerprint density at radius 2 is 2.03 bits per heavy atom. The Kier molecular flexibility index (Phi) is 7.64. The zero-order valence-corrected chi connectivity index (χ0v) is 19.8. The first-order valence-electron chi connectivity index (χ1n) is 9.13. The minimum absolute atomic E-state index is 0.201. The summed E-state index contributed by atoms with van der Waals surface area (Å²) in [6.07, 6.45) is 1.57. The average Bonchev–Trinajstić information content (AvgIpc) is 2.97. The van der Waals surface area contributed by atoms with Crippen LogP contribution in [0.3, 0.4) is 0 Å². The lowest BCUT2D eigenvalue weighted by atomic mass is 10.2. The van der Waals surface area contributed by atoms with E-state index in [-0.39, 0.29) is 4.91 Å². The molecule has 1 N–H and O–H groups in total. The Bertz CT molecular complexity index is 1080. The van der Waals surface area contributed by atoms with Crippen molar-refractivity contribution in [3.05, 3.63) is 56.4 Å². The number of carbonyl (C=O) groups is 3. The fraction of sp³-hybridized carbons (Fsp3) is 0.190. The smallest absolute Gasteiger partial charge is 0.294 e. The van der Waals surface area contributed by atoms with Crippen molar-refractivity contribution in [1.82, 2.24) is 4.90 Å². The summed E-state index contributed by atoms with van der Waals surface area (Å²) >= 11 is 10.1. The third kappa shape index (κ3) is 5.61. The molecule has 1 saturated heterocycles. The summed E-state index contributed by atoms with van der Waals surface area (Å²) in [6.45, 7) is 1.93. The predicted octanol–water partition coefficient (Wildman–Crippen LogP) is 5.18. The number of nitrogens with one attached hydrogen (secondary N) is 1. The lowest BCUT2D eigenvalue weighted by molar-refractivity contribution is -0.127. The second-order valence-electron chi connectivity index (χ2n) is 6.28. The van der Waals surface area contributed by atoms with Gasteiger partial charge in [0.05, 0.1) is 18.6 Å². The molecule has 31 heavy (non-hydrogen) atoms. The van der Waals surface area contributed by atoms with Gasteiger partial charge in [0, 0.05) is 15.2 Å². The second-order valence-corrected chi connectivity index (χ2v) is 8.57. The topological polar surface area (TPSA) is 84.9 Å². The summed E-state index contributed by atoms with van der Waals surface area (Å²) < 4.78 is 11.5. The van der Waals surface area contributed by atoms with Gasteiger partial charge in [-0.05, 0) is 60.7 Å². The van der Waals surface area contributed by atoms with Crippen molar-refractivity contribution in [3.63, 3.8) is 0 Å². The number of rotatable bonds is 7. The Labute approximate surface area is 196 Å². The summed E-state index contributed by atoms with van der Waals surface area (Å²) in [5.74, 6) is 0.00183. The van der Waals surface area contributed by atoms with Crippen LogP contribution < -0.4 is 14.8 Å². The molecular weight excluding hydrogens is 508 g/mol. The Balaban J connectivity index is 1.76. The molecule has 1 aliphatic rings. The molecule has 0 saturated carbocycles. The first-order valence-corrected chi connectivity index (χ1v) is 11.1. The van der Waals surface area contributed by atoms with E-state index in [9.17, 15) is 14.4 Å². The van der Waals surface area contributed by atoms with Crippen LogP contribution in [0.25, 0.3) is 6.08 Å². The van der Waals surface area contributed by atoms with Crippen molar-refractivity contribution >= 4 is 68.1 Å². The molecule has 2 aromatic rings. The highest BCUT2D eigenvalue weighted by molar-refractivity contribution is 9.10. The number of thioether (sulfide) groups is 1. The highest BCUT2D eigenvalue weighted by Gasteiger charge is 2.36. The Hall–Kier alpha value is -2.49. The second kappa shape index (κ2) is 10.2. The molecule has 1 fully saturated rings. The average molecular weight is 526 g/mol. The maximum atomic E-state index is 12.7. The largest absolute Gasteiger partial charge is 0.493 e. The van der Waals surface area contributed by atoms with Crippen LogP contribution in [0.2, 0.25) is 5.02 Å². The molecule has 0 unspecified atom stereocenters. The number of amides is 3. The van der Waals surface area contributed by atoms with Gasteiger partial charge >= 0.3 is 0 Å². The van der Waals surface area contributed by atoms with Gasteiger partial charge in [-0.15, -0.1) is 0 Å². The SMILES string of the molecule is CCOc1cc(Br)c(/C=C2\SC(=O)N(CC(=O)Nc3cccc(Cl)c3)C2=O)cc1OC. The van der Waals surface area contributed by atoms with Crippen LogP contribution in [0.15, 0.2) is 45.8 Å². The van der Waals surface area contributed by atoms with Gasteiger partial charge in [0.15, 0.2) is 11.5 Å². The standard InChI is InChI=1S/C21H18BrClN2O5S/c1-3-30-17-10-15(22)12(7-16(17)29-2)8-18-20(27)25(21(28)31-18)11-19(26)24-14-6-4-5-13(23)9-14/h4-10H,3,11H2,1-2H3,(H,24,26)/b18-8-. The minimum atomic E-state index is -0.545. The normalized spacial score (nSPS) is 14.8. The van der Waals surface area contributed by atoms with E-state index >= 15 is 0 Å². The highest BCUT2D eigenvalue weighted by atomic mass is 79.9. The monoisotopic (exact) mass is 524 g/mol. The zero-order chi connectivity index (χ0) is 22.5.